The Labute approximate surface area is 76.2 Å². The van der Waals surface area contributed by atoms with E-state index in [0.717, 1.165) is 6.42 Å². The molecule has 72 valence electrons. The first-order valence-electron chi connectivity index (χ1n) is 5.34. The molecule has 1 aliphatic carbocycles. The van der Waals surface area contributed by atoms with Crippen LogP contribution in [0.4, 0.5) is 0 Å². The lowest BCUT2D eigenvalue weighted by atomic mass is 9.73. The highest BCUT2D eigenvalue weighted by molar-refractivity contribution is 4.82. The lowest BCUT2D eigenvalue weighted by Gasteiger charge is -2.36. The first-order chi connectivity index (χ1) is 5.66. The highest BCUT2D eigenvalue weighted by atomic mass is 16.3. The fourth-order valence-corrected chi connectivity index (χ4v) is 2.48. The Balaban J connectivity index is 2.53. The first kappa shape index (κ1) is 10.0. The second kappa shape index (κ2) is 4.27. The molecule has 1 fully saturated rings. The van der Waals surface area contributed by atoms with Crippen LogP contribution >= 0.6 is 0 Å². The van der Waals surface area contributed by atoms with E-state index in [0.29, 0.717) is 17.8 Å². The summed E-state index contributed by atoms with van der Waals surface area (Å²) >= 11 is 0. The summed E-state index contributed by atoms with van der Waals surface area (Å²) in [7, 11) is 0. The zero-order valence-electron chi connectivity index (χ0n) is 8.59. The van der Waals surface area contributed by atoms with Crippen molar-refractivity contribution in [3.63, 3.8) is 0 Å². The first-order valence-corrected chi connectivity index (χ1v) is 5.34. The number of hydrogen-bond acceptors (Lipinski definition) is 1. The van der Waals surface area contributed by atoms with Crippen LogP contribution in [0.3, 0.4) is 0 Å². The molecule has 1 nitrogen and oxygen atoms in total. The summed E-state index contributed by atoms with van der Waals surface area (Å²) in [4.78, 5) is 0. The van der Waals surface area contributed by atoms with Crippen LogP contribution in [-0.2, 0) is 0 Å². The average molecular weight is 170 g/mol. The monoisotopic (exact) mass is 170 g/mol. The lowest BCUT2D eigenvalue weighted by Crippen LogP contribution is -2.35. The van der Waals surface area contributed by atoms with Gasteiger partial charge in [-0.3, -0.25) is 0 Å². The van der Waals surface area contributed by atoms with Gasteiger partial charge >= 0.3 is 0 Å². The molecule has 3 unspecified atom stereocenters. The van der Waals surface area contributed by atoms with E-state index in [9.17, 15) is 5.11 Å². The number of aliphatic hydroxyl groups excluding tert-OH is 1. The molecule has 0 aromatic rings. The molecule has 0 bridgehead atoms. The lowest BCUT2D eigenvalue weighted by molar-refractivity contribution is -0.00361. The van der Waals surface area contributed by atoms with Crippen LogP contribution in [-0.4, -0.2) is 11.2 Å². The Morgan fingerprint density at radius 2 is 2.00 bits per heavy atom. The van der Waals surface area contributed by atoms with Crippen LogP contribution in [0, 0.1) is 17.8 Å². The molecular weight excluding hydrogens is 148 g/mol. The summed E-state index contributed by atoms with van der Waals surface area (Å²) in [5.41, 5.74) is 0. The van der Waals surface area contributed by atoms with E-state index in [4.69, 9.17) is 0 Å². The zero-order valence-corrected chi connectivity index (χ0v) is 8.59. The molecule has 1 saturated carbocycles. The van der Waals surface area contributed by atoms with Crippen molar-refractivity contribution in [1.29, 1.82) is 0 Å². The molecule has 0 aromatic carbocycles. The Hall–Kier alpha value is -0.0400. The smallest absolute Gasteiger partial charge is 0.0598 e. The molecule has 0 aliphatic heterocycles. The van der Waals surface area contributed by atoms with Crippen LogP contribution in [0.1, 0.15) is 46.5 Å². The van der Waals surface area contributed by atoms with Gasteiger partial charge in [0.15, 0.2) is 0 Å². The number of aliphatic hydroxyl groups is 1. The van der Waals surface area contributed by atoms with Crippen LogP contribution in [0.5, 0.6) is 0 Å². The van der Waals surface area contributed by atoms with Gasteiger partial charge in [0.1, 0.15) is 0 Å². The summed E-state index contributed by atoms with van der Waals surface area (Å²) in [6.45, 7) is 6.65. The van der Waals surface area contributed by atoms with Crippen LogP contribution < -0.4 is 0 Å². The second-order valence-electron chi connectivity index (χ2n) is 4.50. The van der Waals surface area contributed by atoms with E-state index in [1.165, 1.54) is 19.3 Å². The van der Waals surface area contributed by atoms with Gasteiger partial charge in [-0.25, -0.2) is 0 Å². The number of hydrogen-bond donors (Lipinski definition) is 1. The molecule has 0 spiro atoms. The molecule has 3 atom stereocenters. The van der Waals surface area contributed by atoms with Crippen molar-refractivity contribution >= 4 is 0 Å². The quantitative estimate of drug-likeness (QED) is 0.675. The third-order valence-electron chi connectivity index (χ3n) is 3.41. The summed E-state index contributed by atoms with van der Waals surface area (Å²) < 4.78 is 0. The van der Waals surface area contributed by atoms with Crippen molar-refractivity contribution in [2.45, 2.75) is 52.6 Å². The maximum Gasteiger partial charge on any atom is 0.0598 e. The summed E-state index contributed by atoms with van der Waals surface area (Å²) in [6, 6.07) is 0. The van der Waals surface area contributed by atoms with Crippen molar-refractivity contribution in [3.05, 3.63) is 0 Å². The second-order valence-corrected chi connectivity index (χ2v) is 4.50. The third-order valence-corrected chi connectivity index (χ3v) is 3.41. The molecule has 1 rings (SSSR count). The van der Waals surface area contributed by atoms with Crippen LogP contribution in [0.2, 0.25) is 0 Å². The van der Waals surface area contributed by atoms with E-state index in [1.807, 2.05) is 0 Å². The van der Waals surface area contributed by atoms with E-state index in [2.05, 4.69) is 20.8 Å². The fourth-order valence-electron chi connectivity index (χ4n) is 2.48. The Kier molecular flexibility index (Phi) is 3.57. The molecule has 12 heavy (non-hydrogen) atoms. The van der Waals surface area contributed by atoms with E-state index >= 15 is 0 Å². The van der Waals surface area contributed by atoms with Gasteiger partial charge in [-0.15, -0.1) is 0 Å². The van der Waals surface area contributed by atoms with Gasteiger partial charge < -0.3 is 5.11 Å². The summed E-state index contributed by atoms with van der Waals surface area (Å²) in [5.74, 6) is 1.78. The molecule has 1 heteroatoms. The molecule has 1 N–H and O–H groups in total. The maximum absolute atomic E-state index is 10.00. The van der Waals surface area contributed by atoms with Crippen molar-refractivity contribution in [3.8, 4) is 0 Å². The van der Waals surface area contributed by atoms with Crippen molar-refractivity contribution in [1.82, 2.24) is 0 Å². The van der Waals surface area contributed by atoms with Crippen LogP contribution in [0.15, 0.2) is 0 Å². The zero-order chi connectivity index (χ0) is 9.14. The molecule has 0 aromatic heterocycles. The predicted octanol–water partition coefficient (Wildman–Crippen LogP) is 2.83. The normalized spacial score (nSPS) is 37.2. The van der Waals surface area contributed by atoms with Crippen molar-refractivity contribution in [2.75, 3.05) is 0 Å². The summed E-state index contributed by atoms with van der Waals surface area (Å²) in [5, 5.41) is 10.00. The van der Waals surface area contributed by atoms with Gasteiger partial charge in [0, 0.05) is 0 Å². The fraction of sp³-hybridized carbons (Fsp3) is 1.00. The predicted molar refractivity (Wildman–Crippen MR) is 52.0 cm³/mol. The van der Waals surface area contributed by atoms with E-state index in [-0.39, 0.29) is 6.10 Å². The Bertz CT molecular complexity index is 131. The van der Waals surface area contributed by atoms with Gasteiger partial charge in [0.2, 0.25) is 0 Å². The molecule has 0 amide bonds. The summed E-state index contributed by atoms with van der Waals surface area (Å²) in [6.07, 6.45) is 4.91. The Morgan fingerprint density at radius 3 is 2.50 bits per heavy atom. The van der Waals surface area contributed by atoms with E-state index < -0.39 is 0 Å². The minimum atomic E-state index is -0.0243. The van der Waals surface area contributed by atoms with Gasteiger partial charge in [-0.2, -0.15) is 0 Å². The van der Waals surface area contributed by atoms with Gasteiger partial charge in [-0.1, -0.05) is 33.6 Å². The molecule has 0 saturated heterocycles. The third kappa shape index (κ3) is 2.01. The SMILES string of the molecule is CCC1CCCC(C(C)C)C1O. The van der Waals surface area contributed by atoms with Gasteiger partial charge in [0.25, 0.3) is 0 Å². The standard InChI is InChI=1S/C11H22O/c1-4-9-6-5-7-10(8(2)3)11(9)12/h8-12H,4-7H2,1-3H3. The number of rotatable bonds is 2. The van der Waals surface area contributed by atoms with E-state index in [1.54, 1.807) is 0 Å². The van der Waals surface area contributed by atoms with Gasteiger partial charge in [0.05, 0.1) is 6.10 Å². The molecule has 0 radical (unpaired) electrons. The van der Waals surface area contributed by atoms with Crippen LogP contribution in [0.25, 0.3) is 0 Å². The molecule has 1 aliphatic rings. The van der Waals surface area contributed by atoms with Crippen molar-refractivity contribution in [2.24, 2.45) is 17.8 Å². The highest BCUT2D eigenvalue weighted by Crippen LogP contribution is 2.35. The van der Waals surface area contributed by atoms with Crippen molar-refractivity contribution < 1.29 is 5.11 Å². The minimum Gasteiger partial charge on any atom is -0.393 e. The average Bonchev–Trinajstić information content (AvgIpc) is 2.04. The molecule has 0 heterocycles. The maximum atomic E-state index is 10.00. The highest BCUT2D eigenvalue weighted by Gasteiger charge is 2.31. The molecular formula is C11H22O. The van der Waals surface area contributed by atoms with Gasteiger partial charge in [-0.05, 0) is 30.6 Å². The minimum absolute atomic E-state index is 0.0243. The topological polar surface area (TPSA) is 20.2 Å². The largest absolute Gasteiger partial charge is 0.393 e. The Morgan fingerprint density at radius 1 is 1.33 bits per heavy atom.